The summed E-state index contributed by atoms with van der Waals surface area (Å²) in [5.41, 5.74) is 2.03. The molecule has 10 nitrogen and oxygen atoms in total. The summed E-state index contributed by atoms with van der Waals surface area (Å²) < 4.78 is 27.7. The van der Waals surface area contributed by atoms with Crippen molar-refractivity contribution in [1.29, 1.82) is 0 Å². The van der Waals surface area contributed by atoms with E-state index >= 15 is 0 Å². The standard InChI is InChI=1S/C25H30N6O4S/c32-24(33)17-23(30-36(34,35)22-5-2-1-3-6-22)28-18-19-7-9-21(10-8-19)31-15-11-20(12-16-31)29-25-26-13-4-14-27-25/h1-10,13-14,20,23,28,30H,11-12,15-18H2,(H,32,33)(H,26,27,29)/t23-/m0/s1. The van der Waals surface area contributed by atoms with Gasteiger partial charge >= 0.3 is 5.97 Å². The van der Waals surface area contributed by atoms with Crippen LogP contribution in [0, 0.1) is 0 Å². The van der Waals surface area contributed by atoms with E-state index in [2.05, 4.69) is 30.2 Å². The highest BCUT2D eigenvalue weighted by Gasteiger charge is 2.22. The number of nitrogens with zero attached hydrogens (tertiary/aromatic N) is 3. The second kappa shape index (κ2) is 11.9. The second-order valence-electron chi connectivity index (χ2n) is 8.61. The Morgan fingerprint density at radius 1 is 1.00 bits per heavy atom. The van der Waals surface area contributed by atoms with Gasteiger partial charge in [0.1, 0.15) is 0 Å². The van der Waals surface area contributed by atoms with Crippen LogP contribution in [0.2, 0.25) is 0 Å². The Morgan fingerprint density at radius 3 is 2.31 bits per heavy atom. The fourth-order valence-corrected chi connectivity index (χ4v) is 5.28. The number of hydrogen-bond acceptors (Lipinski definition) is 8. The molecule has 4 rings (SSSR count). The summed E-state index contributed by atoms with van der Waals surface area (Å²) >= 11 is 0. The van der Waals surface area contributed by atoms with Crippen molar-refractivity contribution in [3.8, 4) is 0 Å². The first kappa shape index (κ1) is 25.5. The van der Waals surface area contributed by atoms with E-state index in [1.165, 1.54) is 12.1 Å². The number of carbonyl (C=O) groups is 1. The van der Waals surface area contributed by atoms with E-state index in [0.29, 0.717) is 18.5 Å². The van der Waals surface area contributed by atoms with Gasteiger partial charge in [-0.1, -0.05) is 30.3 Å². The van der Waals surface area contributed by atoms with Crippen LogP contribution in [-0.2, 0) is 21.4 Å². The van der Waals surface area contributed by atoms with Crippen LogP contribution in [0.4, 0.5) is 11.6 Å². The molecule has 1 atom stereocenters. The minimum absolute atomic E-state index is 0.0850. The highest BCUT2D eigenvalue weighted by Crippen LogP contribution is 2.22. The van der Waals surface area contributed by atoms with E-state index < -0.39 is 22.2 Å². The number of carboxylic acids is 1. The number of nitrogens with one attached hydrogen (secondary N) is 3. The molecule has 3 aromatic rings. The summed E-state index contributed by atoms with van der Waals surface area (Å²) in [4.78, 5) is 22.2. The summed E-state index contributed by atoms with van der Waals surface area (Å²) in [5.74, 6) is -0.449. The lowest BCUT2D eigenvalue weighted by atomic mass is 10.0. The lowest BCUT2D eigenvalue weighted by Gasteiger charge is -2.34. The largest absolute Gasteiger partial charge is 0.481 e. The van der Waals surface area contributed by atoms with Gasteiger partial charge in [-0.3, -0.25) is 10.1 Å². The third-order valence-corrected chi connectivity index (χ3v) is 7.47. The second-order valence-corrected chi connectivity index (χ2v) is 10.3. The summed E-state index contributed by atoms with van der Waals surface area (Å²) in [5, 5.41) is 15.6. The molecule has 4 N–H and O–H groups in total. The zero-order valence-corrected chi connectivity index (χ0v) is 20.6. The fraction of sp³-hybridized carbons (Fsp3) is 0.320. The number of anilines is 2. The van der Waals surface area contributed by atoms with E-state index in [-0.39, 0.29) is 11.3 Å². The number of sulfonamides is 1. The lowest BCUT2D eigenvalue weighted by molar-refractivity contribution is -0.137. The lowest BCUT2D eigenvalue weighted by Crippen LogP contribution is -2.46. The quantitative estimate of drug-likeness (QED) is 0.287. The van der Waals surface area contributed by atoms with Crippen LogP contribution in [0.1, 0.15) is 24.8 Å². The van der Waals surface area contributed by atoms with Crippen LogP contribution in [-0.4, -0.2) is 54.8 Å². The molecule has 0 spiro atoms. The third-order valence-electron chi connectivity index (χ3n) is 5.98. The zero-order valence-electron chi connectivity index (χ0n) is 19.7. The van der Waals surface area contributed by atoms with Crippen LogP contribution >= 0.6 is 0 Å². The number of benzene rings is 2. The predicted octanol–water partition coefficient (Wildman–Crippen LogP) is 2.43. The summed E-state index contributed by atoms with van der Waals surface area (Å²) in [6, 6.07) is 18.0. The van der Waals surface area contributed by atoms with Crippen molar-refractivity contribution in [3.63, 3.8) is 0 Å². The SMILES string of the molecule is O=C(O)C[C@@H](NCc1ccc(N2CCC(Nc3ncccn3)CC2)cc1)NS(=O)(=O)c1ccccc1. The van der Waals surface area contributed by atoms with E-state index in [0.717, 1.165) is 37.2 Å². The maximum atomic E-state index is 12.6. The van der Waals surface area contributed by atoms with Gasteiger partial charge in [0, 0.05) is 43.8 Å². The monoisotopic (exact) mass is 510 g/mol. The number of aromatic nitrogens is 2. The van der Waals surface area contributed by atoms with Gasteiger partial charge in [0.15, 0.2) is 0 Å². The molecule has 1 aliphatic rings. The molecule has 1 fully saturated rings. The molecule has 0 bridgehead atoms. The molecule has 0 radical (unpaired) electrons. The number of rotatable bonds is 11. The molecule has 0 amide bonds. The van der Waals surface area contributed by atoms with Gasteiger partial charge in [0.05, 0.1) is 17.5 Å². The highest BCUT2D eigenvalue weighted by molar-refractivity contribution is 7.89. The van der Waals surface area contributed by atoms with Gasteiger partial charge in [0.2, 0.25) is 16.0 Å². The summed E-state index contributed by atoms with van der Waals surface area (Å²) in [6.45, 7) is 2.13. The zero-order chi connectivity index (χ0) is 25.4. The Balaban J connectivity index is 1.30. The first-order valence-corrected chi connectivity index (χ1v) is 13.3. The van der Waals surface area contributed by atoms with Crippen LogP contribution in [0.5, 0.6) is 0 Å². The van der Waals surface area contributed by atoms with Gasteiger partial charge in [-0.25, -0.2) is 18.4 Å². The third kappa shape index (κ3) is 7.23. The Labute approximate surface area is 210 Å². The van der Waals surface area contributed by atoms with Gasteiger partial charge in [-0.05, 0) is 48.7 Å². The van der Waals surface area contributed by atoms with Crippen LogP contribution < -0.4 is 20.3 Å². The number of piperidine rings is 1. The van der Waals surface area contributed by atoms with E-state index in [9.17, 15) is 18.3 Å². The fourth-order valence-electron chi connectivity index (χ4n) is 4.09. The summed E-state index contributed by atoms with van der Waals surface area (Å²) in [7, 11) is -3.85. The topological polar surface area (TPSA) is 137 Å². The van der Waals surface area contributed by atoms with Crippen molar-refractivity contribution >= 4 is 27.6 Å². The van der Waals surface area contributed by atoms with E-state index in [1.54, 1.807) is 36.7 Å². The Morgan fingerprint density at radius 2 is 1.67 bits per heavy atom. The Bertz CT molecular complexity index is 1220. The van der Waals surface area contributed by atoms with E-state index in [1.807, 2.05) is 24.3 Å². The molecular weight excluding hydrogens is 480 g/mol. The van der Waals surface area contributed by atoms with Crippen molar-refractivity contribution in [2.75, 3.05) is 23.3 Å². The highest BCUT2D eigenvalue weighted by atomic mass is 32.2. The van der Waals surface area contributed by atoms with Crippen molar-refractivity contribution in [2.24, 2.45) is 0 Å². The average Bonchev–Trinajstić information content (AvgIpc) is 2.89. The van der Waals surface area contributed by atoms with Crippen molar-refractivity contribution in [2.45, 2.75) is 42.9 Å². The maximum Gasteiger partial charge on any atom is 0.306 e. The van der Waals surface area contributed by atoms with Crippen LogP contribution in [0.3, 0.4) is 0 Å². The Hall–Kier alpha value is -3.54. The maximum absolute atomic E-state index is 12.6. The summed E-state index contributed by atoms with van der Waals surface area (Å²) in [6.07, 6.45) is 4.06. The van der Waals surface area contributed by atoms with Gasteiger partial charge in [-0.2, -0.15) is 4.72 Å². The molecule has 190 valence electrons. The first-order chi connectivity index (χ1) is 17.4. The molecule has 0 saturated carbocycles. The molecule has 1 saturated heterocycles. The number of hydrogen-bond donors (Lipinski definition) is 4. The van der Waals surface area contributed by atoms with E-state index in [4.69, 9.17) is 0 Å². The van der Waals surface area contributed by atoms with Crippen LogP contribution in [0.25, 0.3) is 0 Å². The Kier molecular flexibility index (Phi) is 8.47. The number of carboxylic acid groups (broad SMARTS) is 1. The molecular formula is C25H30N6O4S. The van der Waals surface area contributed by atoms with Gasteiger partial charge in [-0.15, -0.1) is 0 Å². The minimum Gasteiger partial charge on any atom is -0.481 e. The molecule has 1 aromatic heterocycles. The normalized spacial score (nSPS) is 15.4. The molecule has 0 unspecified atom stereocenters. The molecule has 2 aromatic carbocycles. The number of aliphatic carboxylic acids is 1. The first-order valence-electron chi connectivity index (χ1n) is 11.8. The molecule has 1 aliphatic heterocycles. The molecule has 0 aliphatic carbocycles. The van der Waals surface area contributed by atoms with Gasteiger partial charge < -0.3 is 15.3 Å². The predicted molar refractivity (Wildman–Crippen MR) is 137 cm³/mol. The molecule has 11 heteroatoms. The average molecular weight is 511 g/mol. The molecule has 2 heterocycles. The smallest absolute Gasteiger partial charge is 0.306 e. The van der Waals surface area contributed by atoms with Crippen molar-refractivity contribution < 1.29 is 18.3 Å². The van der Waals surface area contributed by atoms with Crippen LogP contribution in [0.15, 0.2) is 78.0 Å². The van der Waals surface area contributed by atoms with Crippen molar-refractivity contribution in [3.05, 3.63) is 78.6 Å². The van der Waals surface area contributed by atoms with Gasteiger partial charge in [0.25, 0.3) is 0 Å². The minimum atomic E-state index is -3.85. The molecule has 36 heavy (non-hydrogen) atoms. The van der Waals surface area contributed by atoms with Crippen molar-refractivity contribution in [1.82, 2.24) is 20.0 Å².